The highest BCUT2D eigenvalue weighted by atomic mass is 32.1. The van der Waals surface area contributed by atoms with Crippen molar-refractivity contribution in [3.8, 4) is 0 Å². The quantitative estimate of drug-likeness (QED) is 0.862. The molecule has 1 aliphatic heterocycles. The molecule has 0 radical (unpaired) electrons. The molecule has 17 heavy (non-hydrogen) atoms. The fourth-order valence-electron chi connectivity index (χ4n) is 2.75. The summed E-state index contributed by atoms with van der Waals surface area (Å²) in [5.74, 6) is 0.398. The zero-order chi connectivity index (χ0) is 12.4. The number of aliphatic hydroxyl groups excluding tert-OH is 1. The summed E-state index contributed by atoms with van der Waals surface area (Å²) in [6.07, 6.45) is 0.863. The normalized spacial score (nSPS) is 26.9. The Balaban J connectivity index is 2.09. The van der Waals surface area contributed by atoms with Crippen LogP contribution in [-0.4, -0.2) is 35.2 Å². The molecule has 0 aliphatic carbocycles. The maximum Gasteiger partial charge on any atom is 0.0552 e. The van der Waals surface area contributed by atoms with Gasteiger partial charge < -0.3 is 10.8 Å². The van der Waals surface area contributed by atoms with Crippen molar-refractivity contribution in [2.45, 2.75) is 38.5 Å². The highest BCUT2D eigenvalue weighted by Gasteiger charge is 2.33. The Labute approximate surface area is 107 Å². The van der Waals surface area contributed by atoms with Gasteiger partial charge in [0.25, 0.3) is 0 Å². The first-order valence-corrected chi connectivity index (χ1v) is 7.23. The van der Waals surface area contributed by atoms with Gasteiger partial charge in [-0.15, -0.1) is 0 Å². The van der Waals surface area contributed by atoms with Crippen molar-refractivity contribution in [3.63, 3.8) is 0 Å². The van der Waals surface area contributed by atoms with E-state index in [4.69, 9.17) is 5.73 Å². The Hall–Kier alpha value is -0.420. The van der Waals surface area contributed by atoms with Gasteiger partial charge in [-0.1, -0.05) is 0 Å². The van der Waals surface area contributed by atoms with E-state index in [0.29, 0.717) is 12.0 Å². The standard InChI is InChI=1S/C13H22N2OS/c1-9(14)13(12-4-6-17-8-12)15-5-3-11(7-15)10(2)16/h4,6,8-11,13,16H,3,5,7,14H2,1-2H3. The SMILES string of the molecule is CC(N)C(c1ccsc1)N1CCC(C(C)O)C1. The molecular formula is C13H22N2OS. The molecule has 4 unspecified atom stereocenters. The van der Waals surface area contributed by atoms with Crippen LogP contribution in [-0.2, 0) is 0 Å². The monoisotopic (exact) mass is 254 g/mol. The van der Waals surface area contributed by atoms with Crippen LogP contribution in [0.5, 0.6) is 0 Å². The molecule has 1 aromatic heterocycles. The Morgan fingerprint density at radius 2 is 2.29 bits per heavy atom. The third kappa shape index (κ3) is 2.88. The summed E-state index contributed by atoms with van der Waals surface area (Å²) in [6, 6.07) is 2.58. The number of likely N-dealkylation sites (tertiary alicyclic amines) is 1. The van der Waals surface area contributed by atoms with Crippen molar-refractivity contribution in [1.82, 2.24) is 4.90 Å². The van der Waals surface area contributed by atoms with Crippen LogP contribution in [0.15, 0.2) is 16.8 Å². The Morgan fingerprint density at radius 1 is 1.53 bits per heavy atom. The first-order chi connectivity index (χ1) is 8.09. The number of rotatable bonds is 4. The molecule has 4 atom stereocenters. The zero-order valence-corrected chi connectivity index (χ0v) is 11.4. The van der Waals surface area contributed by atoms with Crippen LogP contribution < -0.4 is 5.73 Å². The van der Waals surface area contributed by atoms with Gasteiger partial charge in [0.15, 0.2) is 0 Å². The first kappa shape index (κ1) is 13.0. The lowest BCUT2D eigenvalue weighted by molar-refractivity contribution is 0.119. The molecular weight excluding hydrogens is 232 g/mol. The molecule has 0 spiro atoms. The van der Waals surface area contributed by atoms with Gasteiger partial charge in [-0.2, -0.15) is 11.3 Å². The van der Waals surface area contributed by atoms with Crippen LogP contribution in [0, 0.1) is 5.92 Å². The average molecular weight is 254 g/mol. The summed E-state index contributed by atoms with van der Waals surface area (Å²) in [7, 11) is 0. The van der Waals surface area contributed by atoms with Crippen molar-refractivity contribution in [2.24, 2.45) is 11.7 Å². The van der Waals surface area contributed by atoms with Gasteiger partial charge in [-0.3, -0.25) is 4.90 Å². The Bertz CT molecular complexity index is 337. The van der Waals surface area contributed by atoms with Crippen LogP contribution in [0.25, 0.3) is 0 Å². The Morgan fingerprint density at radius 3 is 2.76 bits per heavy atom. The molecule has 3 nitrogen and oxygen atoms in total. The fraction of sp³-hybridized carbons (Fsp3) is 0.692. The zero-order valence-electron chi connectivity index (χ0n) is 10.5. The highest BCUT2D eigenvalue weighted by Crippen LogP contribution is 2.31. The molecule has 2 rings (SSSR count). The average Bonchev–Trinajstić information content (AvgIpc) is 2.88. The van der Waals surface area contributed by atoms with E-state index in [2.05, 4.69) is 28.7 Å². The smallest absolute Gasteiger partial charge is 0.0552 e. The molecule has 2 heterocycles. The predicted octanol–water partition coefficient (Wildman–Crippen LogP) is 1.84. The largest absolute Gasteiger partial charge is 0.393 e. The van der Waals surface area contributed by atoms with Crippen molar-refractivity contribution < 1.29 is 5.11 Å². The molecule has 0 aromatic carbocycles. The molecule has 0 bridgehead atoms. The van der Waals surface area contributed by atoms with Gasteiger partial charge in [0.05, 0.1) is 12.1 Å². The second-order valence-corrected chi connectivity index (χ2v) is 5.92. The minimum atomic E-state index is -0.212. The maximum absolute atomic E-state index is 9.67. The fourth-order valence-corrected chi connectivity index (χ4v) is 3.44. The van der Waals surface area contributed by atoms with Gasteiger partial charge >= 0.3 is 0 Å². The van der Waals surface area contributed by atoms with Crippen LogP contribution >= 0.6 is 11.3 Å². The van der Waals surface area contributed by atoms with E-state index in [1.54, 1.807) is 11.3 Å². The van der Waals surface area contributed by atoms with Gasteiger partial charge in [-0.05, 0) is 55.1 Å². The summed E-state index contributed by atoms with van der Waals surface area (Å²) in [5.41, 5.74) is 7.45. The molecule has 0 amide bonds. The molecule has 1 saturated heterocycles. The Kier molecular flexibility index (Phi) is 4.20. The molecule has 96 valence electrons. The molecule has 1 fully saturated rings. The van der Waals surface area contributed by atoms with Crippen molar-refractivity contribution >= 4 is 11.3 Å². The van der Waals surface area contributed by atoms with Crippen molar-refractivity contribution in [3.05, 3.63) is 22.4 Å². The minimum Gasteiger partial charge on any atom is -0.393 e. The number of hydrogen-bond acceptors (Lipinski definition) is 4. The van der Waals surface area contributed by atoms with Crippen LogP contribution in [0.4, 0.5) is 0 Å². The maximum atomic E-state index is 9.67. The summed E-state index contributed by atoms with van der Waals surface area (Å²) in [5, 5.41) is 14.0. The summed E-state index contributed by atoms with van der Waals surface area (Å²) >= 11 is 1.72. The topological polar surface area (TPSA) is 49.5 Å². The summed E-state index contributed by atoms with van der Waals surface area (Å²) in [4.78, 5) is 2.42. The van der Waals surface area contributed by atoms with Crippen molar-refractivity contribution in [2.75, 3.05) is 13.1 Å². The number of thiophene rings is 1. The molecule has 4 heteroatoms. The number of nitrogens with zero attached hydrogens (tertiary/aromatic N) is 1. The van der Waals surface area contributed by atoms with E-state index in [9.17, 15) is 5.11 Å². The van der Waals surface area contributed by atoms with Crippen LogP contribution in [0.3, 0.4) is 0 Å². The third-order valence-corrected chi connectivity index (χ3v) is 4.42. The highest BCUT2D eigenvalue weighted by molar-refractivity contribution is 7.07. The van der Waals surface area contributed by atoms with Gasteiger partial charge in [0, 0.05) is 12.6 Å². The van der Waals surface area contributed by atoms with Gasteiger partial charge in [0.2, 0.25) is 0 Å². The van der Waals surface area contributed by atoms with E-state index < -0.39 is 0 Å². The molecule has 1 aromatic rings. The van der Waals surface area contributed by atoms with E-state index in [1.165, 1.54) is 5.56 Å². The molecule has 0 saturated carbocycles. The predicted molar refractivity (Wildman–Crippen MR) is 72.1 cm³/mol. The van der Waals surface area contributed by atoms with Crippen molar-refractivity contribution in [1.29, 1.82) is 0 Å². The van der Waals surface area contributed by atoms with E-state index in [1.807, 2.05) is 6.92 Å². The third-order valence-electron chi connectivity index (χ3n) is 3.71. The van der Waals surface area contributed by atoms with Crippen LogP contribution in [0.2, 0.25) is 0 Å². The number of hydrogen-bond donors (Lipinski definition) is 2. The molecule has 1 aliphatic rings. The minimum absolute atomic E-state index is 0.123. The lowest BCUT2D eigenvalue weighted by atomic mass is 10.0. The van der Waals surface area contributed by atoms with E-state index in [0.717, 1.165) is 19.5 Å². The second kappa shape index (κ2) is 5.48. The first-order valence-electron chi connectivity index (χ1n) is 6.29. The molecule has 3 N–H and O–H groups in total. The summed E-state index contributed by atoms with van der Waals surface area (Å²) < 4.78 is 0. The van der Waals surface area contributed by atoms with Crippen LogP contribution in [0.1, 0.15) is 31.9 Å². The number of nitrogens with two attached hydrogens (primary N) is 1. The lowest BCUT2D eigenvalue weighted by Crippen LogP contribution is -2.38. The van der Waals surface area contributed by atoms with Gasteiger partial charge in [0.1, 0.15) is 0 Å². The second-order valence-electron chi connectivity index (χ2n) is 5.14. The van der Waals surface area contributed by atoms with Gasteiger partial charge in [-0.25, -0.2) is 0 Å². The number of aliphatic hydroxyl groups is 1. The summed E-state index contributed by atoms with van der Waals surface area (Å²) in [6.45, 7) is 5.95. The van der Waals surface area contributed by atoms with E-state index in [-0.39, 0.29) is 12.1 Å². The lowest BCUT2D eigenvalue weighted by Gasteiger charge is -2.30. The van der Waals surface area contributed by atoms with E-state index >= 15 is 0 Å².